The standard InChI is InChI=1S/C11H16BrNO/c1-7(2)4-8-5-9(13-3)11(12)10(14)6-8/h5-7,13-14H,4H2,1-3H3. The number of phenols is 1. The second kappa shape index (κ2) is 4.69. The van der Waals surface area contributed by atoms with E-state index in [-0.39, 0.29) is 0 Å². The lowest BCUT2D eigenvalue weighted by Crippen LogP contribution is -1.97. The molecule has 0 aliphatic carbocycles. The van der Waals surface area contributed by atoms with Crippen molar-refractivity contribution in [3.63, 3.8) is 0 Å². The lowest BCUT2D eigenvalue weighted by atomic mass is 10.0. The quantitative estimate of drug-likeness (QED) is 0.870. The molecule has 0 unspecified atom stereocenters. The van der Waals surface area contributed by atoms with Crippen LogP contribution in [0.15, 0.2) is 16.6 Å². The molecule has 1 aromatic rings. The zero-order chi connectivity index (χ0) is 10.7. The molecule has 0 aromatic heterocycles. The van der Waals surface area contributed by atoms with Crippen molar-refractivity contribution < 1.29 is 5.11 Å². The summed E-state index contributed by atoms with van der Waals surface area (Å²) in [7, 11) is 1.85. The Balaban J connectivity index is 3.03. The highest BCUT2D eigenvalue weighted by Gasteiger charge is 2.07. The predicted octanol–water partition coefficient (Wildman–Crippen LogP) is 3.39. The van der Waals surface area contributed by atoms with Gasteiger partial charge in [0.05, 0.1) is 10.2 Å². The molecular weight excluding hydrogens is 242 g/mol. The molecular formula is C11H16BrNO. The molecule has 3 heteroatoms. The average molecular weight is 258 g/mol. The molecule has 0 saturated carbocycles. The van der Waals surface area contributed by atoms with Crippen LogP contribution in [0.5, 0.6) is 5.75 Å². The molecule has 0 aliphatic heterocycles. The van der Waals surface area contributed by atoms with Crippen molar-refractivity contribution >= 4 is 21.6 Å². The summed E-state index contributed by atoms with van der Waals surface area (Å²) < 4.78 is 0.729. The Morgan fingerprint density at radius 3 is 2.57 bits per heavy atom. The van der Waals surface area contributed by atoms with Crippen molar-refractivity contribution in [3.8, 4) is 5.75 Å². The number of nitrogens with one attached hydrogen (secondary N) is 1. The maximum atomic E-state index is 9.64. The second-order valence-corrected chi connectivity index (χ2v) is 4.62. The van der Waals surface area contributed by atoms with Gasteiger partial charge in [-0.2, -0.15) is 0 Å². The smallest absolute Gasteiger partial charge is 0.132 e. The van der Waals surface area contributed by atoms with E-state index in [4.69, 9.17) is 0 Å². The molecule has 1 rings (SSSR count). The second-order valence-electron chi connectivity index (χ2n) is 3.82. The minimum Gasteiger partial charge on any atom is -0.507 e. The molecule has 0 bridgehead atoms. The molecule has 0 atom stereocenters. The van der Waals surface area contributed by atoms with Crippen molar-refractivity contribution in [2.45, 2.75) is 20.3 Å². The molecule has 0 spiro atoms. The van der Waals surface area contributed by atoms with E-state index in [1.165, 1.54) is 0 Å². The van der Waals surface area contributed by atoms with Crippen LogP contribution in [0.4, 0.5) is 5.69 Å². The van der Waals surface area contributed by atoms with Gasteiger partial charge in [-0.15, -0.1) is 0 Å². The third-order valence-electron chi connectivity index (χ3n) is 2.03. The summed E-state index contributed by atoms with van der Waals surface area (Å²) in [5, 5.41) is 12.7. The number of hydrogen-bond acceptors (Lipinski definition) is 2. The van der Waals surface area contributed by atoms with Gasteiger partial charge in [-0.3, -0.25) is 0 Å². The number of anilines is 1. The number of hydrogen-bond donors (Lipinski definition) is 2. The number of rotatable bonds is 3. The van der Waals surface area contributed by atoms with Crippen LogP contribution in [0.25, 0.3) is 0 Å². The number of halogens is 1. The Hall–Kier alpha value is -0.700. The van der Waals surface area contributed by atoms with Crippen molar-refractivity contribution in [1.82, 2.24) is 0 Å². The van der Waals surface area contributed by atoms with Gasteiger partial charge < -0.3 is 10.4 Å². The van der Waals surface area contributed by atoms with Gasteiger partial charge in [0, 0.05) is 7.05 Å². The summed E-state index contributed by atoms with van der Waals surface area (Å²) in [5.41, 5.74) is 2.09. The Labute approximate surface area is 93.5 Å². The molecule has 0 aliphatic rings. The van der Waals surface area contributed by atoms with Crippen molar-refractivity contribution in [1.29, 1.82) is 0 Å². The largest absolute Gasteiger partial charge is 0.507 e. The monoisotopic (exact) mass is 257 g/mol. The van der Waals surface area contributed by atoms with E-state index >= 15 is 0 Å². The molecule has 1 aromatic carbocycles. The summed E-state index contributed by atoms with van der Waals surface area (Å²) in [6, 6.07) is 3.87. The van der Waals surface area contributed by atoms with Gasteiger partial charge in [-0.25, -0.2) is 0 Å². The normalized spacial score (nSPS) is 10.6. The van der Waals surface area contributed by atoms with Gasteiger partial charge >= 0.3 is 0 Å². The van der Waals surface area contributed by atoms with E-state index in [0.29, 0.717) is 11.7 Å². The minimum absolute atomic E-state index is 0.299. The van der Waals surface area contributed by atoms with Crippen LogP contribution in [-0.2, 0) is 6.42 Å². The van der Waals surface area contributed by atoms with E-state index in [0.717, 1.165) is 22.1 Å². The molecule has 0 saturated heterocycles. The van der Waals surface area contributed by atoms with Crippen LogP contribution in [-0.4, -0.2) is 12.2 Å². The van der Waals surface area contributed by atoms with Gasteiger partial charge in [0.15, 0.2) is 0 Å². The third-order valence-corrected chi connectivity index (χ3v) is 2.86. The SMILES string of the molecule is CNc1cc(CC(C)C)cc(O)c1Br. The van der Waals surface area contributed by atoms with Crippen LogP contribution in [0.2, 0.25) is 0 Å². The van der Waals surface area contributed by atoms with Gasteiger partial charge in [0.25, 0.3) is 0 Å². The first-order chi connectivity index (χ1) is 6.54. The highest BCUT2D eigenvalue weighted by atomic mass is 79.9. The summed E-state index contributed by atoms with van der Waals surface area (Å²) >= 11 is 3.33. The van der Waals surface area contributed by atoms with E-state index in [2.05, 4.69) is 41.2 Å². The summed E-state index contributed by atoms with van der Waals surface area (Å²) in [6.45, 7) is 4.33. The fourth-order valence-electron chi connectivity index (χ4n) is 1.44. The zero-order valence-electron chi connectivity index (χ0n) is 8.76. The number of benzene rings is 1. The van der Waals surface area contributed by atoms with Crippen LogP contribution in [0.3, 0.4) is 0 Å². The maximum Gasteiger partial charge on any atom is 0.132 e. The van der Waals surface area contributed by atoms with Crippen molar-refractivity contribution in [2.24, 2.45) is 5.92 Å². The fourth-order valence-corrected chi connectivity index (χ4v) is 1.87. The highest BCUT2D eigenvalue weighted by molar-refractivity contribution is 9.10. The van der Waals surface area contributed by atoms with E-state index in [1.54, 1.807) is 0 Å². The minimum atomic E-state index is 0.299. The topological polar surface area (TPSA) is 32.3 Å². The van der Waals surface area contributed by atoms with Gasteiger partial charge in [-0.1, -0.05) is 13.8 Å². The highest BCUT2D eigenvalue weighted by Crippen LogP contribution is 2.33. The molecule has 0 radical (unpaired) electrons. The van der Waals surface area contributed by atoms with E-state index in [9.17, 15) is 5.11 Å². The maximum absolute atomic E-state index is 9.64. The fraction of sp³-hybridized carbons (Fsp3) is 0.455. The molecule has 2 N–H and O–H groups in total. The predicted molar refractivity (Wildman–Crippen MR) is 63.9 cm³/mol. The first-order valence-corrected chi connectivity index (χ1v) is 5.53. The first-order valence-electron chi connectivity index (χ1n) is 4.73. The Bertz CT molecular complexity index is 323. The summed E-state index contributed by atoms with van der Waals surface area (Å²) in [5.74, 6) is 0.896. The summed E-state index contributed by atoms with van der Waals surface area (Å²) in [4.78, 5) is 0. The van der Waals surface area contributed by atoms with Gasteiger partial charge in [0.2, 0.25) is 0 Å². The van der Waals surface area contributed by atoms with Gasteiger partial charge in [-0.05, 0) is 46.0 Å². The molecule has 2 nitrogen and oxygen atoms in total. The number of aromatic hydroxyl groups is 1. The van der Waals surface area contributed by atoms with Crippen LogP contribution in [0.1, 0.15) is 19.4 Å². The van der Waals surface area contributed by atoms with Crippen molar-refractivity contribution in [2.75, 3.05) is 12.4 Å². The lowest BCUT2D eigenvalue weighted by molar-refractivity contribution is 0.471. The first kappa shape index (κ1) is 11.4. The van der Waals surface area contributed by atoms with Crippen LogP contribution < -0.4 is 5.32 Å². The molecule has 0 heterocycles. The molecule has 78 valence electrons. The number of phenolic OH excluding ortho intramolecular Hbond substituents is 1. The van der Waals surface area contributed by atoms with E-state index in [1.807, 2.05) is 13.1 Å². The third kappa shape index (κ3) is 2.64. The average Bonchev–Trinajstić information content (AvgIpc) is 2.10. The van der Waals surface area contributed by atoms with Crippen LogP contribution >= 0.6 is 15.9 Å². The Morgan fingerprint density at radius 2 is 2.07 bits per heavy atom. The van der Waals surface area contributed by atoms with Crippen molar-refractivity contribution in [3.05, 3.63) is 22.2 Å². The van der Waals surface area contributed by atoms with Gasteiger partial charge in [0.1, 0.15) is 5.75 Å². The van der Waals surface area contributed by atoms with Crippen LogP contribution in [0, 0.1) is 5.92 Å². The molecule has 0 amide bonds. The molecule has 0 fully saturated rings. The lowest BCUT2D eigenvalue weighted by Gasteiger charge is -2.10. The Kier molecular flexibility index (Phi) is 3.81. The summed E-state index contributed by atoms with van der Waals surface area (Å²) in [6.07, 6.45) is 0.982. The Morgan fingerprint density at radius 1 is 1.43 bits per heavy atom. The van der Waals surface area contributed by atoms with E-state index < -0.39 is 0 Å². The zero-order valence-corrected chi connectivity index (χ0v) is 10.4. The molecule has 14 heavy (non-hydrogen) atoms.